The molecule has 0 fully saturated rings. The van der Waals surface area contributed by atoms with E-state index in [2.05, 4.69) is 35.8 Å². The summed E-state index contributed by atoms with van der Waals surface area (Å²) in [7, 11) is 0. The summed E-state index contributed by atoms with van der Waals surface area (Å²) >= 11 is 0. The van der Waals surface area contributed by atoms with E-state index in [1.807, 2.05) is 25.1 Å². The molecule has 0 bridgehead atoms. The van der Waals surface area contributed by atoms with E-state index in [1.165, 1.54) is 0 Å². The van der Waals surface area contributed by atoms with Gasteiger partial charge in [-0.15, -0.1) is 0 Å². The molecule has 0 unspecified atom stereocenters. The SMILES string of the molecule is CCCCN1CC(C(=O)OCC)=C(c2ccccc2)N(CCCC)C1. The second kappa shape index (κ2) is 10.2. The van der Waals surface area contributed by atoms with Crippen LogP contribution in [0.15, 0.2) is 35.9 Å². The molecule has 0 radical (unpaired) electrons. The number of rotatable bonds is 9. The van der Waals surface area contributed by atoms with Gasteiger partial charge < -0.3 is 9.64 Å². The van der Waals surface area contributed by atoms with Gasteiger partial charge in [0.2, 0.25) is 0 Å². The molecule has 138 valence electrons. The zero-order valence-corrected chi connectivity index (χ0v) is 16.0. The van der Waals surface area contributed by atoms with Gasteiger partial charge in [0.15, 0.2) is 0 Å². The first-order valence-electron chi connectivity index (χ1n) is 9.64. The predicted molar refractivity (Wildman–Crippen MR) is 103 cm³/mol. The van der Waals surface area contributed by atoms with Gasteiger partial charge in [-0.25, -0.2) is 4.79 Å². The summed E-state index contributed by atoms with van der Waals surface area (Å²) in [5.41, 5.74) is 2.96. The molecule has 25 heavy (non-hydrogen) atoms. The smallest absolute Gasteiger partial charge is 0.337 e. The Kier molecular flexibility index (Phi) is 7.99. The molecule has 1 aromatic carbocycles. The Morgan fingerprint density at radius 2 is 1.72 bits per heavy atom. The highest BCUT2D eigenvalue weighted by molar-refractivity contribution is 5.98. The van der Waals surface area contributed by atoms with Crippen LogP contribution in [-0.2, 0) is 9.53 Å². The Hall–Kier alpha value is -1.81. The summed E-state index contributed by atoms with van der Waals surface area (Å²) in [6, 6.07) is 10.3. The number of esters is 1. The molecule has 2 rings (SSSR count). The van der Waals surface area contributed by atoms with Crippen molar-refractivity contribution in [2.24, 2.45) is 0 Å². The van der Waals surface area contributed by atoms with Crippen LogP contribution in [0.25, 0.3) is 5.70 Å². The second-order valence-electron chi connectivity index (χ2n) is 6.58. The number of ether oxygens (including phenoxy) is 1. The standard InChI is InChI=1S/C21H32N2O2/c1-4-7-14-22-16-19(21(24)25-6-3)20(18-12-10-9-11-13-18)23(17-22)15-8-5-2/h9-13H,4-8,14-17H2,1-3H3. The van der Waals surface area contributed by atoms with Gasteiger partial charge in [0, 0.05) is 19.6 Å². The third kappa shape index (κ3) is 5.33. The fraction of sp³-hybridized carbons (Fsp3) is 0.571. The number of hydrogen-bond donors (Lipinski definition) is 0. The number of nitrogens with zero attached hydrogens (tertiary/aromatic N) is 2. The molecule has 4 nitrogen and oxygen atoms in total. The van der Waals surface area contributed by atoms with Crippen molar-refractivity contribution in [1.29, 1.82) is 0 Å². The van der Waals surface area contributed by atoms with E-state index >= 15 is 0 Å². The van der Waals surface area contributed by atoms with Gasteiger partial charge in [-0.05, 0) is 25.3 Å². The Morgan fingerprint density at radius 3 is 2.36 bits per heavy atom. The first-order valence-corrected chi connectivity index (χ1v) is 9.64. The number of hydrogen-bond acceptors (Lipinski definition) is 4. The minimum atomic E-state index is -0.177. The van der Waals surface area contributed by atoms with Crippen molar-refractivity contribution in [3.8, 4) is 0 Å². The van der Waals surface area contributed by atoms with Crippen LogP contribution >= 0.6 is 0 Å². The summed E-state index contributed by atoms with van der Waals surface area (Å²) in [6.07, 6.45) is 4.57. The molecule has 1 aliphatic heterocycles. The van der Waals surface area contributed by atoms with Crippen LogP contribution in [-0.4, -0.2) is 48.7 Å². The molecular formula is C21H32N2O2. The monoisotopic (exact) mass is 344 g/mol. The Bertz CT molecular complexity index is 569. The molecule has 1 aliphatic rings. The van der Waals surface area contributed by atoms with Crippen molar-refractivity contribution in [2.45, 2.75) is 46.5 Å². The van der Waals surface area contributed by atoms with E-state index in [1.54, 1.807) is 0 Å². The lowest BCUT2D eigenvalue weighted by Gasteiger charge is -2.40. The molecule has 1 aromatic rings. The summed E-state index contributed by atoms with van der Waals surface area (Å²) in [5.74, 6) is -0.177. The molecule has 0 N–H and O–H groups in total. The van der Waals surface area contributed by atoms with Crippen LogP contribution in [0.3, 0.4) is 0 Å². The molecule has 0 spiro atoms. The maximum Gasteiger partial charge on any atom is 0.337 e. The van der Waals surface area contributed by atoms with Crippen LogP contribution < -0.4 is 0 Å². The third-order valence-electron chi connectivity index (χ3n) is 4.53. The maximum atomic E-state index is 12.7. The number of unbranched alkanes of at least 4 members (excludes halogenated alkanes) is 2. The highest BCUT2D eigenvalue weighted by Crippen LogP contribution is 2.29. The average Bonchev–Trinajstić information content (AvgIpc) is 2.65. The van der Waals surface area contributed by atoms with E-state index in [0.29, 0.717) is 13.2 Å². The number of carbonyl (C=O) groups excluding carboxylic acids is 1. The molecular weight excluding hydrogens is 312 g/mol. The zero-order chi connectivity index (χ0) is 18.1. The predicted octanol–water partition coefficient (Wildman–Crippen LogP) is 4.14. The van der Waals surface area contributed by atoms with E-state index < -0.39 is 0 Å². The minimum absolute atomic E-state index is 0.177. The summed E-state index contributed by atoms with van der Waals surface area (Å²) < 4.78 is 5.39. The van der Waals surface area contributed by atoms with Crippen molar-refractivity contribution in [3.05, 3.63) is 41.5 Å². The fourth-order valence-corrected chi connectivity index (χ4v) is 3.25. The van der Waals surface area contributed by atoms with Crippen molar-refractivity contribution < 1.29 is 9.53 Å². The molecule has 4 heteroatoms. The van der Waals surface area contributed by atoms with Crippen LogP contribution in [0.1, 0.15) is 52.0 Å². The summed E-state index contributed by atoms with van der Waals surface area (Å²) in [6.45, 7) is 10.2. The van der Waals surface area contributed by atoms with Gasteiger partial charge in [0.25, 0.3) is 0 Å². The van der Waals surface area contributed by atoms with E-state index in [-0.39, 0.29) is 5.97 Å². The molecule has 0 saturated carbocycles. The van der Waals surface area contributed by atoms with Gasteiger partial charge >= 0.3 is 5.97 Å². The average molecular weight is 344 g/mol. The highest BCUT2D eigenvalue weighted by atomic mass is 16.5. The van der Waals surface area contributed by atoms with Gasteiger partial charge in [-0.3, -0.25) is 4.90 Å². The number of benzene rings is 1. The first kappa shape index (κ1) is 19.5. The number of carbonyl (C=O) groups is 1. The van der Waals surface area contributed by atoms with E-state index in [4.69, 9.17) is 4.74 Å². The van der Waals surface area contributed by atoms with Crippen LogP contribution in [0.4, 0.5) is 0 Å². The van der Waals surface area contributed by atoms with E-state index in [0.717, 1.165) is 62.3 Å². The van der Waals surface area contributed by atoms with Crippen LogP contribution in [0.2, 0.25) is 0 Å². The van der Waals surface area contributed by atoms with Crippen molar-refractivity contribution >= 4 is 11.7 Å². The topological polar surface area (TPSA) is 32.8 Å². The molecule has 0 saturated heterocycles. The van der Waals surface area contributed by atoms with Crippen LogP contribution in [0.5, 0.6) is 0 Å². The fourth-order valence-electron chi connectivity index (χ4n) is 3.25. The van der Waals surface area contributed by atoms with Crippen molar-refractivity contribution in [2.75, 3.05) is 32.9 Å². The van der Waals surface area contributed by atoms with Gasteiger partial charge in [0.1, 0.15) is 0 Å². The lowest BCUT2D eigenvalue weighted by molar-refractivity contribution is -0.139. The second-order valence-corrected chi connectivity index (χ2v) is 6.58. The molecule has 1 heterocycles. The summed E-state index contributed by atoms with van der Waals surface area (Å²) in [4.78, 5) is 17.4. The lowest BCUT2D eigenvalue weighted by Crippen LogP contribution is -2.45. The summed E-state index contributed by atoms with van der Waals surface area (Å²) in [5, 5.41) is 0. The zero-order valence-electron chi connectivity index (χ0n) is 16.0. The lowest BCUT2D eigenvalue weighted by atomic mass is 10.0. The Morgan fingerprint density at radius 1 is 1.04 bits per heavy atom. The molecule has 0 aromatic heterocycles. The molecule has 0 atom stereocenters. The Labute approximate surface area is 152 Å². The van der Waals surface area contributed by atoms with Gasteiger partial charge in [-0.1, -0.05) is 57.0 Å². The largest absolute Gasteiger partial charge is 0.463 e. The third-order valence-corrected chi connectivity index (χ3v) is 4.53. The van der Waals surface area contributed by atoms with Crippen LogP contribution in [0, 0.1) is 0 Å². The Balaban J connectivity index is 2.41. The molecule has 0 amide bonds. The quantitative estimate of drug-likeness (QED) is 0.631. The normalized spacial score (nSPS) is 15.6. The van der Waals surface area contributed by atoms with Crippen molar-refractivity contribution in [1.82, 2.24) is 9.80 Å². The minimum Gasteiger partial charge on any atom is -0.463 e. The molecule has 0 aliphatic carbocycles. The van der Waals surface area contributed by atoms with Gasteiger partial charge in [0.05, 0.1) is 24.5 Å². The van der Waals surface area contributed by atoms with Gasteiger partial charge in [-0.2, -0.15) is 0 Å². The highest BCUT2D eigenvalue weighted by Gasteiger charge is 2.30. The first-order chi connectivity index (χ1) is 12.2. The van der Waals surface area contributed by atoms with E-state index in [9.17, 15) is 4.79 Å². The maximum absolute atomic E-state index is 12.7. The van der Waals surface area contributed by atoms with Crippen molar-refractivity contribution in [3.63, 3.8) is 0 Å².